The van der Waals surface area contributed by atoms with Gasteiger partial charge in [0.1, 0.15) is 6.33 Å². The molecule has 0 atom stereocenters. The summed E-state index contributed by atoms with van der Waals surface area (Å²) in [5.41, 5.74) is 7.41. The Kier molecular flexibility index (Phi) is 3.48. The van der Waals surface area contributed by atoms with E-state index in [9.17, 15) is 4.79 Å². The molecule has 0 radical (unpaired) electrons. The molecule has 0 bridgehead atoms. The van der Waals surface area contributed by atoms with Gasteiger partial charge >= 0.3 is 6.03 Å². The lowest BCUT2D eigenvalue weighted by molar-refractivity contribution is 0.193. The van der Waals surface area contributed by atoms with Crippen LogP contribution in [0.25, 0.3) is 0 Å². The van der Waals surface area contributed by atoms with Crippen molar-refractivity contribution in [1.82, 2.24) is 20.3 Å². The SMILES string of the molecule is CNC(=O)N(Cc1ccncn1)N=N. The Balaban J connectivity index is 2.66. The highest BCUT2D eigenvalue weighted by Gasteiger charge is 2.11. The Morgan fingerprint density at radius 2 is 2.57 bits per heavy atom. The lowest BCUT2D eigenvalue weighted by atomic mass is 10.4. The van der Waals surface area contributed by atoms with Crippen molar-refractivity contribution < 1.29 is 4.79 Å². The molecule has 0 unspecified atom stereocenters. The van der Waals surface area contributed by atoms with Crippen molar-refractivity contribution in [3.8, 4) is 0 Å². The topological polar surface area (TPSA) is 94.3 Å². The normalized spacial score (nSPS) is 9.21. The van der Waals surface area contributed by atoms with Gasteiger partial charge in [0.25, 0.3) is 0 Å². The minimum atomic E-state index is -0.446. The fourth-order valence-electron chi connectivity index (χ4n) is 0.847. The lowest BCUT2D eigenvalue weighted by Crippen LogP contribution is -2.33. The Hall–Kier alpha value is -2.05. The zero-order valence-corrected chi connectivity index (χ0v) is 7.64. The van der Waals surface area contributed by atoms with Crippen LogP contribution in [0, 0.1) is 5.53 Å². The molecule has 1 rings (SSSR count). The maximum Gasteiger partial charge on any atom is 0.339 e. The maximum atomic E-state index is 11.1. The van der Waals surface area contributed by atoms with Crippen LogP contribution in [0.5, 0.6) is 0 Å². The lowest BCUT2D eigenvalue weighted by Gasteiger charge is -2.12. The van der Waals surface area contributed by atoms with Gasteiger partial charge in [-0.2, -0.15) is 10.5 Å². The van der Waals surface area contributed by atoms with Crippen LogP contribution in [0.1, 0.15) is 5.69 Å². The first-order valence-electron chi connectivity index (χ1n) is 3.89. The third kappa shape index (κ3) is 2.47. The molecule has 0 aliphatic heterocycles. The highest BCUT2D eigenvalue weighted by molar-refractivity contribution is 5.73. The Morgan fingerprint density at radius 3 is 3.07 bits per heavy atom. The molecule has 1 heterocycles. The van der Waals surface area contributed by atoms with Crippen LogP contribution < -0.4 is 5.32 Å². The second kappa shape index (κ2) is 4.85. The van der Waals surface area contributed by atoms with Gasteiger partial charge in [-0.15, -0.1) is 0 Å². The number of amides is 2. The van der Waals surface area contributed by atoms with Crippen molar-refractivity contribution in [1.29, 1.82) is 5.53 Å². The first-order valence-corrected chi connectivity index (χ1v) is 3.89. The third-order valence-electron chi connectivity index (χ3n) is 1.52. The van der Waals surface area contributed by atoms with Crippen LogP contribution in [0.4, 0.5) is 4.79 Å². The molecule has 0 saturated carbocycles. The van der Waals surface area contributed by atoms with Gasteiger partial charge in [-0.05, 0) is 6.07 Å². The number of carbonyl (C=O) groups is 1. The molecular formula is C7H10N6O. The summed E-state index contributed by atoms with van der Waals surface area (Å²) in [6.45, 7) is 0.158. The van der Waals surface area contributed by atoms with Crippen LogP contribution >= 0.6 is 0 Å². The summed E-state index contributed by atoms with van der Waals surface area (Å²) < 4.78 is 0. The van der Waals surface area contributed by atoms with Crippen molar-refractivity contribution >= 4 is 6.03 Å². The zero-order chi connectivity index (χ0) is 10.4. The van der Waals surface area contributed by atoms with E-state index in [0.717, 1.165) is 5.01 Å². The summed E-state index contributed by atoms with van der Waals surface area (Å²) in [6, 6.07) is 1.21. The monoisotopic (exact) mass is 194 g/mol. The molecule has 14 heavy (non-hydrogen) atoms. The fourth-order valence-corrected chi connectivity index (χ4v) is 0.847. The third-order valence-corrected chi connectivity index (χ3v) is 1.52. The van der Waals surface area contributed by atoms with E-state index in [4.69, 9.17) is 5.53 Å². The highest BCUT2D eigenvalue weighted by atomic mass is 16.2. The number of hydrogen-bond acceptors (Lipinski definition) is 5. The summed E-state index contributed by atoms with van der Waals surface area (Å²) >= 11 is 0. The molecule has 0 fully saturated rings. The number of rotatable bonds is 3. The summed E-state index contributed by atoms with van der Waals surface area (Å²) in [6.07, 6.45) is 2.94. The molecule has 1 aromatic rings. The minimum absolute atomic E-state index is 0.158. The number of hydrogen-bond donors (Lipinski definition) is 2. The van der Waals surface area contributed by atoms with E-state index in [0.29, 0.717) is 5.69 Å². The Bertz CT molecular complexity index is 313. The van der Waals surface area contributed by atoms with Crippen LogP contribution in [0.2, 0.25) is 0 Å². The van der Waals surface area contributed by atoms with Gasteiger partial charge < -0.3 is 5.32 Å². The molecule has 2 N–H and O–H groups in total. The summed E-state index contributed by atoms with van der Waals surface area (Å²) in [5.74, 6) is 0. The fraction of sp³-hybridized carbons (Fsp3) is 0.286. The van der Waals surface area contributed by atoms with Crippen LogP contribution in [-0.4, -0.2) is 28.1 Å². The number of urea groups is 1. The molecule has 0 spiro atoms. The second-order valence-electron chi connectivity index (χ2n) is 2.41. The van der Waals surface area contributed by atoms with E-state index in [-0.39, 0.29) is 6.54 Å². The van der Waals surface area contributed by atoms with Gasteiger partial charge in [-0.3, -0.25) is 0 Å². The first-order chi connectivity index (χ1) is 6.77. The molecule has 2 amide bonds. The van der Waals surface area contributed by atoms with Gasteiger partial charge in [0, 0.05) is 13.2 Å². The first kappa shape index (κ1) is 10.0. The molecule has 0 aromatic carbocycles. The summed E-state index contributed by atoms with van der Waals surface area (Å²) in [4.78, 5) is 18.7. The average Bonchev–Trinajstić information content (AvgIpc) is 2.26. The number of nitrogens with one attached hydrogen (secondary N) is 2. The predicted molar refractivity (Wildman–Crippen MR) is 47.2 cm³/mol. The van der Waals surface area contributed by atoms with Gasteiger partial charge in [0.2, 0.25) is 0 Å². The predicted octanol–water partition coefficient (Wildman–Crippen LogP) is 0.564. The molecule has 0 saturated heterocycles. The molecule has 0 aliphatic carbocycles. The van der Waals surface area contributed by atoms with E-state index in [1.165, 1.54) is 13.4 Å². The van der Waals surface area contributed by atoms with Gasteiger partial charge in [-0.1, -0.05) is 5.22 Å². The smallest absolute Gasteiger partial charge is 0.339 e. The zero-order valence-electron chi connectivity index (χ0n) is 7.64. The average molecular weight is 194 g/mol. The Morgan fingerprint density at radius 1 is 1.79 bits per heavy atom. The van der Waals surface area contributed by atoms with E-state index in [2.05, 4.69) is 20.5 Å². The second-order valence-corrected chi connectivity index (χ2v) is 2.41. The maximum absolute atomic E-state index is 11.1. The standard InChI is InChI=1S/C7H10N6O/c1-9-7(14)13(12-8)4-6-2-3-10-5-11-6/h2-3,5,8H,4H2,1H3,(H,9,14). The van der Waals surface area contributed by atoms with E-state index in [1.807, 2.05) is 0 Å². The number of carbonyl (C=O) groups excluding carboxylic acids is 1. The molecule has 0 aliphatic rings. The Labute approximate surface area is 80.6 Å². The van der Waals surface area contributed by atoms with Crippen LogP contribution in [0.3, 0.4) is 0 Å². The van der Waals surface area contributed by atoms with E-state index >= 15 is 0 Å². The van der Waals surface area contributed by atoms with Gasteiger partial charge in [-0.25, -0.2) is 14.8 Å². The minimum Gasteiger partial charge on any atom is -0.340 e. The summed E-state index contributed by atoms with van der Waals surface area (Å²) in [5, 5.41) is 6.39. The number of nitrogens with zero attached hydrogens (tertiary/aromatic N) is 4. The van der Waals surface area contributed by atoms with Crippen molar-refractivity contribution in [2.75, 3.05) is 7.05 Å². The quantitative estimate of drug-likeness (QED) is 0.543. The molecular weight excluding hydrogens is 184 g/mol. The molecule has 74 valence electrons. The van der Waals surface area contributed by atoms with Crippen molar-refractivity contribution in [2.45, 2.75) is 6.54 Å². The van der Waals surface area contributed by atoms with Gasteiger partial charge in [0.05, 0.1) is 12.2 Å². The van der Waals surface area contributed by atoms with Crippen LogP contribution in [-0.2, 0) is 6.54 Å². The largest absolute Gasteiger partial charge is 0.340 e. The van der Waals surface area contributed by atoms with Crippen molar-refractivity contribution in [2.24, 2.45) is 5.22 Å². The van der Waals surface area contributed by atoms with E-state index < -0.39 is 6.03 Å². The number of aromatic nitrogens is 2. The van der Waals surface area contributed by atoms with Crippen molar-refractivity contribution in [3.05, 3.63) is 24.3 Å². The highest BCUT2D eigenvalue weighted by Crippen LogP contribution is 2.00. The van der Waals surface area contributed by atoms with Gasteiger partial charge in [0.15, 0.2) is 0 Å². The molecule has 1 aromatic heterocycles. The van der Waals surface area contributed by atoms with Crippen LogP contribution in [0.15, 0.2) is 23.8 Å². The molecule has 7 heteroatoms. The molecule has 7 nitrogen and oxygen atoms in total. The summed E-state index contributed by atoms with van der Waals surface area (Å²) in [7, 11) is 1.47. The van der Waals surface area contributed by atoms with E-state index in [1.54, 1.807) is 12.3 Å². The van der Waals surface area contributed by atoms with Crippen molar-refractivity contribution in [3.63, 3.8) is 0 Å².